The van der Waals surface area contributed by atoms with Crippen LogP contribution in [0.3, 0.4) is 0 Å². The van der Waals surface area contributed by atoms with Crippen LogP contribution < -0.4 is 10.1 Å². The maximum atomic E-state index is 6.23. The van der Waals surface area contributed by atoms with Gasteiger partial charge in [0, 0.05) is 42.8 Å². The van der Waals surface area contributed by atoms with Crippen LogP contribution in [0.2, 0.25) is 5.02 Å². The van der Waals surface area contributed by atoms with Gasteiger partial charge in [-0.05, 0) is 37.0 Å². The van der Waals surface area contributed by atoms with E-state index in [1.165, 1.54) is 12.0 Å². The molecule has 1 atom stereocenters. The van der Waals surface area contributed by atoms with Crippen molar-refractivity contribution in [2.45, 2.75) is 32.7 Å². The summed E-state index contributed by atoms with van der Waals surface area (Å²) in [7, 11) is 1.74. The third-order valence-corrected chi connectivity index (χ3v) is 4.40. The number of halogens is 3. The standard InChI is InChI=1S/C17H27ClN2O.2ClH/c1-13(2)4-6-16(20-10-8-19-9-11-20)15-12-14(18)5-7-17(15)21-3;;/h5,7,12-13,16,19H,4,6,8-11H2,1-3H3;2*1H/t16-;;/m0../s1. The van der Waals surface area contributed by atoms with Crippen molar-refractivity contribution in [1.29, 1.82) is 0 Å². The van der Waals surface area contributed by atoms with Crippen LogP contribution in [0, 0.1) is 5.92 Å². The van der Waals surface area contributed by atoms with E-state index in [9.17, 15) is 0 Å². The fraction of sp³-hybridized carbons (Fsp3) is 0.647. The number of hydrogen-bond donors (Lipinski definition) is 1. The van der Waals surface area contributed by atoms with Gasteiger partial charge in [-0.2, -0.15) is 0 Å². The van der Waals surface area contributed by atoms with Crippen LogP contribution >= 0.6 is 36.4 Å². The minimum atomic E-state index is 0. The van der Waals surface area contributed by atoms with Crippen molar-refractivity contribution in [3.63, 3.8) is 0 Å². The predicted octanol–water partition coefficient (Wildman–Crippen LogP) is 4.57. The van der Waals surface area contributed by atoms with Crippen LogP contribution in [-0.2, 0) is 0 Å². The predicted molar refractivity (Wildman–Crippen MR) is 104 cm³/mol. The van der Waals surface area contributed by atoms with Gasteiger partial charge in [0.25, 0.3) is 0 Å². The minimum absolute atomic E-state index is 0. The molecule has 0 bridgehead atoms. The molecule has 1 aromatic carbocycles. The zero-order chi connectivity index (χ0) is 15.2. The lowest BCUT2D eigenvalue weighted by Gasteiger charge is -2.36. The molecular formula is C17H29Cl3N2O. The maximum absolute atomic E-state index is 6.23. The largest absolute Gasteiger partial charge is 0.496 e. The molecule has 6 heteroatoms. The summed E-state index contributed by atoms with van der Waals surface area (Å²) in [6, 6.07) is 6.36. The van der Waals surface area contributed by atoms with E-state index < -0.39 is 0 Å². The fourth-order valence-electron chi connectivity index (χ4n) is 2.99. The summed E-state index contributed by atoms with van der Waals surface area (Å²) in [6.07, 6.45) is 2.36. The highest BCUT2D eigenvalue weighted by atomic mass is 35.5. The van der Waals surface area contributed by atoms with Gasteiger partial charge in [-0.3, -0.25) is 4.90 Å². The number of nitrogens with zero attached hydrogens (tertiary/aromatic N) is 1. The van der Waals surface area contributed by atoms with E-state index in [1.807, 2.05) is 12.1 Å². The summed E-state index contributed by atoms with van der Waals surface area (Å²) < 4.78 is 5.58. The summed E-state index contributed by atoms with van der Waals surface area (Å²) in [4.78, 5) is 2.56. The van der Waals surface area contributed by atoms with Gasteiger partial charge in [-0.15, -0.1) is 24.8 Å². The molecule has 0 spiro atoms. The quantitative estimate of drug-likeness (QED) is 0.778. The average Bonchev–Trinajstić information content (AvgIpc) is 2.48. The molecule has 0 saturated carbocycles. The molecule has 0 aromatic heterocycles. The summed E-state index contributed by atoms with van der Waals surface area (Å²) in [5, 5.41) is 4.21. The molecular weight excluding hydrogens is 355 g/mol. The van der Waals surface area contributed by atoms with Crippen LogP contribution in [-0.4, -0.2) is 38.2 Å². The highest BCUT2D eigenvalue weighted by molar-refractivity contribution is 6.30. The van der Waals surface area contributed by atoms with E-state index in [0.717, 1.165) is 43.4 Å². The summed E-state index contributed by atoms with van der Waals surface area (Å²) in [5.41, 5.74) is 1.23. The maximum Gasteiger partial charge on any atom is 0.123 e. The zero-order valence-corrected chi connectivity index (χ0v) is 16.6. The van der Waals surface area contributed by atoms with Crippen LogP contribution in [0.15, 0.2) is 18.2 Å². The Balaban J connectivity index is 0.00000242. The molecule has 1 aromatic rings. The smallest absolute Gasteiger partial charge is 0.123 e. The lowest BCUT2D eigenvalue weighted by atomic mass is 9.95. The second-order valence-electron chi connectivity index (χ2n) is 6.16. The Morgan fingerprint density at radius 2 is 1.83 bits per heavy atom. The number of rotatable bonds is 6. The van der Waals surface area contributed by atoms with Crippen molar-refractivity contribution in [3.8, 4) is 5.75 Å². The molecule has 134 valence electrons. The number of nitrogens with one attached hydrogen (secondary N) is 1. The third-order valence-electron chi connectivity index (χ3n) is 4.16. The van der Waals surface area contributed by atoms with Gasteiger partial charge in [-0.1, -0.05) is 25.4 Å². The van der Waals surface area contributed by atoms with Crippen molar-refractivity contribution < 1.29 is 4.74 Å². The summed E-state index contributed by atoms with van der Waals surface area (Å²) in [5.74, 6) is 1.66. The van der Waals surface area contributed by atoms with Gasteiger partial charge >= 0.3 is 0 Å². The summed E-state index contributed by atoms with van der Waals surface area (Å²) in [6.45, 7) is 8.84. The average molecular weight is 384 g/mol. The number of methoxy groups -OCH3 is 1. The third kappa shape index (κ3) is 6.67. The Labute approximate surface area is 157 Å². The fourth-order valence-corrected chi connectivity index (χ4v) is 3.17. The number of benzene rings is 1. The molecule has 1 saturated heterocycles. The van der Waals surface area contributed by atoms with Crippen LogP contribution in [0.4, 0.5) is 0 Å². The van der Waals surface area contributed by atoms with Crippen molar-refractivity contribution in [2.75, 3.05) is 33.3 Å². The normalized spacial score (nSPS) is 16.4. The molecule has 1 heterocycles. The highest BCUT2D eigenvalue weighted by Gasteiger charge is 2.25. The highest BCUT2D eigenvalue weighted by Crippen LogP contribution is 2.35. The molecule has 1 aliphatic rings. The lowest BCUT2D eigenvalue weighted by Crippen LogP contribution is -2.45. The first kappa shape index (κ1) is 22.8. The van der Waals surface area contributed by atoms with Gasteiger partial charge in [0.2, 0.25) is 0 Å². The van der Waals surface area contributed by atoms with E-state index in [2.05, 4.69) is 30.1 Å². The molecule has 23 heavy (non-hydrogen) atoms. The van der Waals surface area contributed by atoms with E-state index in [0.29, 0.717) is 12.0 Å². The second kappa shape index (κ2) is 11.4. The van der Waals surface area contributed by atoms with E-state index in [-0.39, 0.29) is 24.8 Å². The molecule has 2 rings (SSSR count). The van der Waals surface area contributed by atoms with E-state index in [4.69, 9.17) is 16.3 Å². The van der Waals surface area contributed by atoms with Gasteiger partial charge < -0.3 is 10.1 Å². The van der Waals surface area contributed by atoms with Crippen LogP contribution in [0.5, 0.6) is 5.75 Å². The molecule has 1 aliphatic heterocycles. The molecule has 0 amide bonds. The van der Waals surface area contributed by atoms with Crippen LogP contribution in [0.25, 0.3) is 0 Å². The van der Waals surface area contributed by atoms with Gasteiger partial charge in [-0.25, -0.2) is 0 Å². The van der Waals surface area contributed by atoms with E-state index in [1.54, 1.807) is 7.11 Å². The molecule has 3 nitrogen and oxygen atoms in total. The molecule has 0 unspecified atom stereocenters. The van der Waals surface area contributed by atoms with Crippen molar-refractivity contribution >= 4 is 36.4 Å². The van der Waals surface area contributed by atoms with Crippen molar-refractivity contribution in [1.82, 2.24) is 10.2 Å². The van der Waals surface area contributed by atoms with E-state index >= 15 is 0 Å². The first-order chi connectivity index (χ1) is 10.1. The number of hydrogen-bond acceptors (Lipinski definition) is 3. The first-order valence-corrected chi connectivity index (χ1v) is 8.27. The van der Waals surface area contributed by atoms with Gasteiger partial charge in [0.1, 0.15) is 5.75 Å². The Morgan fingerprint density at radius 1 is 1.17 bits per heavy atom. The lowest BCUT2D eigenvalue weighted by molar-refractivity contribution is 0.157. The Hall–Kier alpha value is -0.190. The first-order valence-electron chi connectivity index (χ1n) is 7.90. The van der Waals surface area contributed by atoms with Gasteiger partial charge in [0.05, 0.1) is 7.11 Å². The van der Waals surface area contributed by atoms with Crippen molar-refractivity contribution in [3.05, 3.63) is 28.8 Å². The van der Waals surface area contributed by atoms with Crippen LogP contribution in [0.1, 0.15) is 38.3 Å². The molecule has 0 aliphatic carbocycles. The topological polar surface area (TPSA) is 24.5 Å². The zero-order valence-electron chi connectivity index (χ0n) is 14.2. The Morgan fingerprint density at radius 3 is 2.39 bits per heavy atom. The Bertz CT molecular complexity index is 451. The Kier molecular flexibility index (Phi) is 11.3. The number of ether oxygens (including phenoxy) is 1. The van der Waals surface area contributed by atoms with Crippen molar-refractivity contribution in [2.24, 2.45) is 5.92 Å². The SMILES string of the molecule is COc1ccc(Cl)cc1[C@H](CCC(C)C)N1CCNCC1.Cl.Cl. The molecule has 0 radical (unpaired) electrons. The monoisotopic (exact) mass is 382 g/mol. The minimum Gasteiger partial charge on any atom is -0.496 e. The molecule has 1 fully saturated rings. The summed E-state index contributed by atoms with van der Waals surface area (Å²) >= 11 is 6.23. The number of piperazine rings is 1. The second-order valence-corrected chi connectivity index (χ2v) is 6.60. The van der Waals surface area contributed by atoms with Gasteiger partial charge in [0.15, 0.2) is 0 Å². The molecule has 1 N–H and O–H groups in total.